The molecule has 0 aliphatic heterocycles. The molecule has 0 aliphatic rings. The van der Waals surface area contributed by atoms with Crippen molar-refractivity contribution in [1.29, 1.82) is 0 Å². The third-order valence-corrected chi connectivity index (χ3v) is 0. The molecule has 4 heavy (non-hydrogen) atoms. The molecule has 0 aromatic heterocycles. The molecule has 4 heteroatoms. The van der Waals surface area contributed by atoms with Crippen molar-refractivity contribution in [3.05, 3.63) is 0 Å². The predicted molar refractivity (Wildman–Crippen MR) is 0 cm³/mol. The quantitative estimate of drug-likeness (QED) is 0.551. The van der Waals surface area contributed by atoms with Gasteiger partial charge in [-0.25, -0.2) is 0 Å². The summed E-state index contributed by atoms with van der Waals surface area (Å²) >= 11 is 0. The fourth-order valence-corrected chi connectivity index (χ4v) is 0. The zero-order valence-electron chi connectivity index (χ0n) is 1.45. The van der Waals surface area contributed by atoms with Crippen molar-refractivity contribution in [1.82, 2.24) is 0 Å². The third kappa shape index (κ3) is 8.86. The van der Waals surface area contributed by atoms with Crippen molar-refractivity contribution in [3.63, 3.8) is 0 Å². The van der Waals surface area contributed by atoms with Crippen molar-refractivity contribution >= 4 is 0 Å². The summed E-state index contributed by atoms with van der Waals surface area (Å²) in [6.45, 7) is 0. The van der Waals surface area contributed by atoms with Gasteiger partial charge >= 0.3 is 0 Å². The minimum absolute atomic E-state index is 0. The van der Waals surface area contributed by atoms with Crippen LogP contribution in [0.15, 0.2) is 0 Å². The summed E-state index contributed by atoms with van der Waals surface area (Å²) in [6.07, 6.45) is 0. The molecule has 0 amide bonds. The first kappa shape index (κ1) is 28.6. The van der Waals surface area contributed by atoms with E-state index in [9.17, 15) is 0 Å². The Balaban J connectivity index is 0. The summed E-state index contributed by atoms with van der Waals surface area (Å²) in [5, 5.41) is 0. The SMILES string of the molecule is [Ce].[Co].[Cu].[Ni]. The molecular formula is CeCoCuNi. The second kappa shape index (κ2) is 16.9. The van der Waals surface area contributed by atoms with E-state index in [2.05, 4.69) is 0 Å². The van der Waals surface area contributed by atoms with E-state index in [-0.39, 0.29) is 92.1 Å². The van der Waals surface area contributed by atoms with E-state index >= 15 is 0 Å². The Kier molecular flexibility index (Phi) is 120. The van der Waals surface area contributed by atoms with Gasteiger partial charge in [0.2, 0.25) is 0 Å². The maximum absolute atomic E-state index is 0. The van der Waals surface area contributed by atoms with Crippen molar-refractivity contribution in [3.8, 4) is 0 Å². The summed E-state index contributed by atoms with van der Waals surface area (Å²) in [5.41, 5.74) is 0. The predicted octanol–water partition coefficient (Wildman–Crippen LogP) is -0.00750. The van der Waals surface area contributed by atoms with Gasteiger partial charge in [0.1, 0.15) is 0 Å². The summed E-state index contributed by atoms with van der Waals surface area (Å²) in [4.78, 5) is 0. The Labute approximate surface area is 90.2 Å². The van der Waals surface area contributed by atoms with Gasteiger partial charge in [0, 0.05) is 92.1 Å². The molecule has 0 heterocycles. The maximum Gasteiger partial charge on any atom is 0 e. The molecule has 0 atom stereocenters. The molecule has 34 valence electrons. The van der Waals surface area contributed by atoms with Crippen molar-refractivity contribution < 1.29 is 92.1 Å². The van der Waals surface area contributed by atoms with Crippen LogP contribution in [0.5, 0.6) is 0 Å². The first-order chi connectivity index (χ1) is 0. The van der Waals surface area contributed by atoms with E-state index in [1.54, 1.807) is 0 Å². The summed E-state index contributed by atoms with van der Waals surface area (Å²) in [5.74, 6) is 0. The van der Waals surface area contributed by atoms with E-state index in [0.717, 1.165) is 0 Å². The van der Waals surface area contributed by atoms with E-state index in [1.165, 1.54) is 0 Å². The topological polar surface area (TPSA) is 0 Å². The molecule has 2 radical (unpaired) electrons. The van der Waals surface area contributed by atoms with Gasteiger partial charge in [-0.05, 0) is 0 Å². The third-order valence-electron chi connectivity index (χ3n) is 0. The van der Waals surface area contributed by atoms with Crippen molar-refractivity contribution in [2.75, 3.05) is 0 Å². The zero-order valence-corrected chi connectivity index (χ0v) is 7.56. The summed E-state index contributed by atoms with van der Waals surface area (Å²) in [6, 6.07) is 0. The maximum atomic E-state index is 0. The Morgan fingerprint density at radius 3 is 1.00 bits per heavy atom. The molecule has 0 N–H and O–H groups in total. The van der Waals surface area contributed by atoms with Gasteiger partial charge in [-0.15, -0.1) is 0 Å². The molecule has 0 saturated heterocycles. The monoisotopic (exact) mass is 320 g/mol. The van der Waals surface area contributed by atoms with Crippen molar-refractivity contribution in [2.24, 2.45) is 0 Å². The molecule has 0 aromatic rings. The first-order valence-electron chi connectivity index (χ1n) is 0. The Hall–Kier alpha value is 2.90. The zero-order chi connectivity index (χ0) is 0. The van der Waals surface area contributed by atoms with E-state index in [4.69, 9.17) is 0 Å². The Bertz CT molecular complexity index is 8.00. The minimum atomic E-state index is 0. The summed E-state index contributed by atoms with van der Waals surface area (Å²) < 4.78 is 0. The van der Waals surface area contributed by atoms with Crippen LogP contribution in [-0.2, 0) is 50.3 Å². The smallest absolute Gasteiger partial charge is 0 e. The number of hydrogen-bond donors (Lipinski definition) is 0. The Morgan fingerprint density at radius 1 is 1.00 bits per heavy atom. The second-order valence-corrected chi connectivity index (χ2v) is 0. The largest absolute Gasteiger partial charge is 0 e. The van der Waals surface area contributed by atoms with Crippen LogP contribution in [0.25, 0.3) is 0 Å². The average Bonchev–Trinajstić information content (AvgIpc) is 0. The number of hydrogen-bond acceptors (Lipinski definition) is 0. The average molecular weight is 321 g/mol. The van der Waals surface area contributed by atoms with Crippen LogP contribution in [0, 0.1) is 41.7 Å². The molecule has 0 spiro atoms. The van der Waals surface area contributed by atoms with Crippen LogP contribution < -0.4 is 0 Å². The fraction of sp³-hybridized carbons (Fsp3) is 0. The van der Waals surface area contributed by atoms with Crippen LogP contribution in [0.2, 0.25) is 0 Å². The molecule has 0 unspecified atom stereocenters. The van der Waals surface area contributed by atoms with Crippen LogP contribution in [0.1, 0.15) is 0 Å². The van der Waals surface area contributed by atoms with E-state index in [1.807, 2.05) is 0 Å². The normalized spacial score (nSPS) is 0. The van der Waals surface area contributed by atoms with Crippen LogP contribution in [0.3, 0.4) is 0 Å². The fourth-order valence-electron chi connectivity index (χ4n) is 0. The van der Waals surface area contributed by atoms with Crippen LogP contribution in [-0.4, -0.2) is 0 Å². The van der Waals surface area contributed by atoms with Gasteiger partial charge in [-0.2, -0.15) is 0 Å². The molecule has 0 nitrogen and oxygen atoms in total. The van der Waals surface area contributed by atoms with E-state index < -0.39 is 0 Å². The van der Waals surface area contributed by atoms with Crippen LogP contribution in [0.4, 0.5) is 0 Å². The van der Waals surface area contributed by atoms with Crippen molar-refractivity contribution in [2.45, 2.75) is 0 Å². The molecular weight excluding hydrogens is 321 g/mol. The van der Waals surface area contributed by atoms with Crippen LogP contribution >= 0.6 is 0 Å². The van der Waals surface area contributed by atoms with E-state index in [0.29, 0.717) is 0 Å². The van der Waals surface area contributed by atoms with Gasteiger partial charge in [0.25, 0.3) is 0 Å². The molecule has 0 fully saturated rings. The van der Waals surface area contributed by atoms with Gasteiger partial charge < -0.3 is 0 Å². The number of rotatable bonds is 0. The van der Waals surface area contributed by atoms with Gasteiger partial charge in [-0.1, -0.05) is 0 Å². The molecule has 0 aliphatic carbocycles. The van der Waals surface area contributed by atoms with Gasteiger partial charge in [-0.3, -0.25) is 0 Å². The standard InChI is InChI=1S/Ce.Co.Cu.Ni. The molecule has 0 bridgehead atoms. The Morgan fingerprint density at radius 2 is 1.00 bits per heavy atom. The second-order valence-electron chi connectivity index (χ2n) is 0. The van der Waals surface area contributed by atoms with Gasteiger partial charge in [0.05, 0.1) is 0 Å². The molecule has 0 rings (SSSR count). The summed E-state index contributed by atoms with van der Waals surface area (Å²) in [7, 11) is 0. The first-order valence-corrected chi connectivity index (χ1v) is 0. The minimum Gasteiger partial charge on any atom is 0 e. The molecule has 0 aromatic carbocycles. The van der Waals surface area contributed by atoms with Gasteiger partial charge in [0.15, 0.2) is 0 Å². The molecule has 0 saturated carbocycles.